The number of para-hydroxylation sites is 1. The predicted octanol–water partition coefficient (Wildman–Crippen LogP) is 3.11. The van der Waals surface area contributed by atoms with Crippen molar-refractivity contribution >= 4 is 38.4 Å². The fourth-order valence-electron chi connectivity index (χ4n) is 2.95. The van der Waals surface area contributed by atoms with Gasteiger partial charge in [-0.1, -0.05) is 42.5 Å². The molecule has 0 aliphatic heterocycles. The molecule has 3 N–H and O–H groups in total. The molecule has 1 aromatic heterocycles. The number of pyridine rings is 1. The second-order valence-corrected chi connectivity index (χ2v) is 8.48. The molecular formula is C23H18N4O4S. The van der Waals surface area contributed by atoms with Crippen molar-refractivity contribution in [3.05, 3.63) is 102 Å². The summed E-state index contributed by atoms with van der Waals surface area (Å²) in [6.45, 7) is 0. The van der Waals surface area contributed by atoms with Crippen molar-refractivity contribution in [1.82, 2.24) is 15.8 Å². The zero-order valence-corrected chi connectivity index (χ0v) is 17.5. The molecule has 0 bridgehead atoms. The Morgan fingerprint density at radius 3 is 2.09 bits per heavy atom. The molecule has 0 atom stereocenters. The molecule has 9 heteroatoms. The molecule has 4 aromatic rings. The maximum absolute atomic E-state index is 12.4. The summed E-state index contributed by atoms with van der Waals surface area (Å²) in [7, 11) is -3.73. The number of fused-ring (bicyclic) bond motifs is 1. The molecule has 0 spiro atoms. The van der Waals surface area contributed by atoms with E-state index in [1.54, 1.807) is 36.4 Å². The lowest BCUT2D eigenvalue weighted by Crippen LogP contribution is -2.41. The number of amides is 2. The standard InChI is InChI=1S/C23H18N4O4S/c28-22(25-26-23(29)21-15-12-16-6-4-5-9-20(16)24-21)17-10-13-18(14-11-17)27-32(30,31)19-7-2-1-3-8-19/h1-15,27H,(H,25,28)(H,26,29). The van der Waals surface area contributed by atoms with Gasteiger partial charge in [-0.2, -0.15) is 0 Å². The van der Waals surface area contributed by atoms with Gasteiger partial charge in [0.15, 0.2) is 0 Å². The Morgan fingerprint density at radius 1 is 0.688 bits per heavy atom. The third kappa shape index (κ3) is 4.73. The van der Waals surface area contributed by atoms with Gasteiger partial charge in [-0.3, -0.25) is 25.2 Å². The maximum atomic E-state index is 12.4. The maximum Gasteiger partial charge on any atom is 0.288 e. The summed E-state index contributed by atoms with van der Waals surface area (Å²) in [5.41, 5.74) is 6.01. The molecular weight excluding hydrogens is 428 g/mol. The summed E-state index contributed by atoms with van der Waals surface area (Å²) in [6, 6.07) is 24.5. The number of nitrogens with one attached hydrogen (secondary N) is 3. The Balaban J connectivity index is 1.37. The van der Waals surface area contributed by atoms with Crippen LogP contribution in [0.5, 0.6) is 0 Å². The topological polar surface area (TPSA) is 117 Å². The van der Waals surface area contributed by atoms with Crippen LogP contribution in [0.1, 0.15) is 20.8 Å². The van der Waals surface area contributed by atoms with Crippen molar-refractivity contribution in [3.63, 3.8) is 0 Å². The summed E-state index contributed by atoms with van der Waals surface area (Å²) in [5.74, 6) is -1.12. The normalized spacial score (nSPS) is 11.0. The SMILES string of the molecule is O=C(NNC(=O)c1ccc2ccccc2n1)c1ccc(NS(=O)(=O)c2ccccc2)cc1. The number of benzene rings is 3. The van der Waals surface area contributed by atoms with Crippen LogP contribution in [-0.4, -0.2) is 25.2 Å². The molecule has 1 heterocycles. The minimum atomic E-state index is -3.73. The Hall–Kier alpha value is -4.24. The molecule has 0 radical (unpaired) electrons. The lowest BCUT2D eigenvalue weighted by atomic mass is 10.2. The van der Waals surface area contributed by atoms with Crippen LogP contribution in [0, 0.1) is 0 Å². The minimum absolute atomic E-state index is 0.131. The molecule has 8 nitrogen and oxygen atoms in total. The van der Waals surface area contributed by atoms with Crippen molar-refractivity contribution in [2.75, 3.05) is 4.72 Å². The van der Waals surface area contributed by atoms with E-state index in [0.717, 1.165) is 5.39 Å². The van der Waals surface area contributed by atoms with Gasteiger partial charge < -0.3 is 0 Å². The van der Waals surface area contributed by atoms with E-state index in [1.165, 1.54) is 36.4 Å². The summed E-state index contributed by atoms with van der Waals surface area (Å²) < 4.78 is 27.2. The first-order valence-electron chi connectivity index (χ1n) is 9.57. The van der Waals surface area contributed by atoms with Crippen molar-refractivity contribution in [1.29, 1.82) is 0 Å². The third-order valence-electron chi connectivity index (χ3n) is 4.57. The average molecular weight is 446 g/mol. The van der Waals surface area contributed by atoms with Crippen molar-refractivity contribution in [2.24, 2.45) is 0 Å². The van der Waals surface area contributed by atoms with Crippen LogP contribution in [-0.2, 0) is 10.0 Å². The van der Waals surface area contributed by atoms with E-state index in [2.05, 4.69) is 20.6 Å². The van der Waals surface area contributed by atoms with Gasteiger partial charge >= 0.3 is 0 Å². The van der Waals surface area contributed by atoms with Gasteiger partial charge in [0.1, 0.15) is 5.69 Å². The van der Waals surface area contributed by atoms with Crippen LogP contribution < -0.4 is 15.6 Å². The highest BCUT2D eigenvalue weighted by Crippen LogP contribution is 2.16. The minimum Gasteiger partial charge on any atom is -0.280 e. The first-order chi connectivity index (χ1) is 15.4. The highest BCUT2D eigenvalue weighted by atomic mass is 32.2. The number of carbonyl (C=O) groups is 2. The number of nitrogens with zero attached hydrogens (tertiary/aromatic N) is 1. The fourth-order valence-corrected chi connectivity index (χ4v) is 4.03. The van der Waals surface area contributed by atoms with Crippen molar-refractivity contribution < 1.29 is 18.0 Å². The molecule has 0 aliphatic carbocycles. The average Bonchev–Trinajstić information content (AvgIpc) is 2.83. The van der Waals surface area contributed by atoms with E-state index in [9.17, 15) is 18.0 Å². The van der Waals surface area contributed by atoms with E-state index < -0.39 is 21.8 Å². The lowest BCUT2D eigenvalue weighted by molar-refractivity contribution is 0.0844. The second kappa shape index (κ2) is 8.86. The first kappa shape index (κ1) is 21.0. The zero-order valence-electron chi connectivity index (χ0n) is 16.6. The Morgan fingerprint density at radius 2 is 1.34 bits per heavy atom. The Kier molecular flexibility index (Phi) is 5.82. The molecule has 160 valence electrons. The summed E-state index contributed by atoms with van der Waals surface area (Å²) in [6.07, 6.45) is 0. The van der Waals surface area contributed by atoms with Crippen LogP contribution >= 0.6 is 0 Å². The number of anilines is 1. The monoisotopic (exact) mass is 446 g/mol. The molecule has 0 aliphatic rings. The molecule has 0 fully saturated rings. The number of hydrazine groups is 1. The van der Waals surface area contributed by atoms with Crippen LogP contribution in [0.4, 0.5) is 5.69 Å². The second-order valence-electron chi connectivity index (χ2n) is 6.79. The molecule has 0 unspecified atom stereocenters. The molecule has 4 rings (SSSR count). The number of hydrogen-bond acceptors (Lipinski definition) is 5. The van der Waals surface area contributed by atoms with Gasteiger partial charge in [0.05, 0.1) is 10.4 Å². The van der Waals surface area contributed by atoms with Gasteiger partial charge in [-0.05, 0) is 48.5 Å². The number of carbonyl (C=O) groups excluding carboxylic acids is 2. The predicted molar refractivity (Wildman–Crippen MR) is 120 cm³/mol. The summed E-state index contributed by atoms with van der Waals surface area (Å²) in [4.78, 5) is 29.0. The van der Waals surface area contributed by atoms with Crippen molar-refractivity contribution in [3.8, 4) is 0 Å². The van der Waals surface area contributed by atoms with E-state index in [4.69, 9.17) is 0 Å². The quantitative estimate of drug-likeness (QED) is 0.407. The first-order valence-corrected chi connectivity index (χ1v) is 11.1. The van der Waals surface area contributed by atoms with Gasteiger partial charge in [-0.25, -0.2) is 13.4 Å². The Labute approximate surface area is 184 Å². The Bertz CT molecular complexity index is 1390. The van der Waals surface area contributed by atoms with Crippen LogP contribution in [0.25, 0.3) is 10.9 Å². The van der Waals surface area contributed by atoms with E-state index >= 15 is 0 Å². The molecule has 0 saturated heterocycles. The smallest absolute Gasteiger partial charge is 0.280 e. The van der Waals surface area contributed by atoms with Gasteiger partial charge in [0, 0.05) is 16.6 Å². The van der Waals surface area contributed by atoms with E-state index in [0.29, 0.717) is 11.2 Å². The van der Waals surface area contributed by atoms with Crippen molar-refractivity contribution in [2.45, 2.75) is 4.90 Å². The molecule has 32 heavy (non-hydrogen) atoms. The van der Waals surface area contributed by atoms with E-state index in [1.807, 2.05) is 18.2 Å². The molecule has 3 aromatic carbocycles. The third-order valence-corrected chi connectivity index (χ3v) is 5.97. The van der Waals surface area contributed by atoms with Gasteiger partial charge in [-0.15, -0.1) is 0 Å². The largest absolute Gasteiger partial charge is 0.288 e. The fraction of sp³-hybridized carbons (Fsp3) is 0. The van der Waals surface area contributed by atoms with Crippen LogP contribution in [0.3, 0.4) is 0 Å². The summed E-state index contributed by atoms with van der Waals surface area (Å²) >= 11 is 0. The number of rotatable bonds is 5. The molecule has 2 amide bonds. The van der Waals surface area contributed by atoms with E-state index in [-0.39, 0.29) is 16.2 Å². The lowest BCUT2D eigenvalue weighted by Gasteiger charge is -2.10. The molecule has 0 saturated carbocycles. The van der Waals surface area contributed by atoms with Crippen LogP contribution in [0.2, 0.25) is 0 Å². The zero-order chi connectivity index (χ0) is 22.6. The highest BCUT2D eigenvalue weighted by Gasteiger charge is 2.14. The highest BCUT2D eigenvalue weighted by molar-refractivity contribution is 7.92. The number of hydrogen-bond donors (Lipinski definition) is 3. The summed E-state index contributed by atoms with van der Waals surface area (Å²) in [5, 5.41) is 0.899. The van der Waals surface area contributed by atoms with Crippen LogP contribution in [0.15, 0.2) is 95.9 Å². The number of sulfonamides is 1. The number of aromatic nitrogens is 1. The van der Waals surface area contributed by atoms with Gasteiger partial charge in [0.25, 0.3) is 21.8 Å². The van der Waals surface area contributed by atoms with Gasteiger partial charge in [0.2, 0.25) is 0 Å².